The number of hydrogen-bond donors (Lipinski definition) is 3. The van der Waals surface area contributed by atoms with Crippen LogP contribution in [0.1, 0.15) is 57.4 Å². The number of allylic oxidation sites excluding steroid dienone is 4. The quantitative estimate of drug-likeness (QED) is 0.544. The summed E-state index contributed by atoms with van der Waals surface area (Å²) in [6, 6.07) is 1.95. The van der Waals surface area contributed by atoms with Gasteiger partial charge in [0.2, 0.25) is 0 Å². The highest BCUT2D eigenvalue weighted by molar-refractivity contribution is 5.98. The predicted octanol–water partition coefficient (Wildman–Crippen LogP) is 5.60. The maximum Gasteiger partial charge on any atom is 0.133 e. The number of ether oxygens (including phenoxy) is 1. The monoisotopic (exact) mass is 433 g/mol. The zero-order valence-corrected chi connectivity index (χ0v) is 19.1. The van der Waals surface area contributed by atoms with Gasteiger partial charge in [0.1, 0.15) is 5.82 Å². The van der Waals surface area contributed by atoms with Crippen molar-refractivity contribution < 1.29 is 4.74 Å². The molecule has 4 N–H and O–H groups in total. The summed E-state index contributed by atoms with van der Waals surface area (Å²) in [6.07, 6.45) is 19.0. The van der Waals surface area contributed by atoms with E-state index >= 15 is 0 Å². The van der Waals surface area contributed by atoms with Gasteiger partial charge in [0, 0.05) is 47.8 Å². The van der Waals surface area contributed by atoms with E-state index in [0.717, 1.165) is 42.9 Å². The van der Waals surface area contributed by atoms with E-state index in [9.17, 15) is 0 Å². The van der Waals surface area contributed by atoms with Gasteiger partial charge in [-0.1, -0.05) is 25.8 Å². The van der Waals surface area contributed by atoms with Crippen molar-refractivity contribution in [3.8, 4) is 0 Å². The van der Waals surface area contributed by atoms with Crippen molar-refractivity contribution in [3.63, 3.8) is 0 Å². The standard InChI is InChI=1S/C26H35N5O/c1-18-14-29-24(22-6-4-3-5-7-22)12-20(8-9-21-16-32-17-21)10-11-28-25-13-26(31-19(2)27)30-15-23(18)25/h10-15,21-22,28H,2-9,16-17,27H2,1H3,(H,30,31)/b11-10+,18-14-,20-12-,29-24+. The zero-order chi connectivity index (χ0) is 22.3. The Morgan fingerprint density at radius 1 is 1.28 bits per heavy atom. The van der Waals surface area contributed by atoms with Crippen LogP contribution in [0.3, 0.4) is 0 Å². The molecule has 1 aromatic heterocycles. The molecule has 2 aliphatic heterocycles. The number of hydrogen-bond acceptors (Lipinski definition) is 6. The first-order valence-electron chi connectivity index (χ1n) is 11.8. The van der Waals surface area contributed by atoms with Gasteiger partial charge in [-0.15, -0.1) is 0 Å². The van der Waals surface area contributed by atoms with Crippen molar-refractivity contribution in [2.24, 2.45) is 22.6 Å². The number of rotatable bonds is 6. The SMILES string of the molecule is C=C(N)Nc1cc2c(cn1)\C(C)=C/N=C(C1CCCCC1)\C=C(CCC1COC1)/C=C/N2. The third kappa shape index (κ3) is 5.88. The third-order valence-electron chi connectivity index (χ3n) is 6.47. The summed E-state index contributed by atoms with van der Waals surface area (Å²) in [7, 11) is 0. The van der Waals surface area contributed by atoms with E-state index in [1.165, 1.54) is 43.4 Å². The largest absolute Gasteiger partial charge is 0.386 e. The number of aliphatic imine (C=N–C) groups is 1. The molecule has 32 heavy (non-hydrogen) atoms. The lowest BCUT2D eigenvalue weighted by atomic mass is 9.84. The summed E-state index contributed by atoms with van der Waals surface area (Å²) < 4.78 is 5.37. The lowest BCUT2D eigenvalue weighted by molar-refractivity contribution is -0.0351. The molecule has 0 bridgehead atoms. The Bertz CT molecular complexity index is 949. The summed E-state index contributed by atoms with van der Waals surface area (Å²) in [5.74, 6) is 2.24. The van der Waals surface area contributed by atoms with Crippen LogP contribution in [0.2, 0.25) is 0 Å². The molecule has 1 aliphatic carbocycles. The lowest BCUT2D eigenvalue weighted by Gasteiger charge is -2.26. The van der Waals surface area contributed by atoms with E-state index in [2.05, 4.69) is 41.3 Å². The van der Waals surface area contributed by atoms with Gasteiger partial charge in [0.15, 0.2) is 0 Å². The molecule has 6 nitrogen and oxygen atoms in total. The number of nitrogens with two attached hydrogens (primary N) is 1. The van der Waals surface area contributed by atoms with E-state index in [1.807, 2.05) is 24.7 Å². The van der Waals surface area contributed by atoms with Gasteiger partial charge in [-0.25, -0.2) is 4.98 Å². The summed E-state index contributed by atoms with van der Waals surface area (Å²) in [6.45, 7) is 7.58. The first-order chi connectivity index (χ1) is 15.6. The summed E-state index contributed by atoms with van der Waals surface area (Å²) in [4.78, 5) is 9.52. The van der Waals surface area contributed by atoms with Crippen molar-refractivity contribution in [3.05, 3.63) is 60.4 Å². The van der Waals surface area contributed by atoms with Gasteiger partial charge in [-0.3, -0.25) is 4.99 Å². The van der Waals surface area contributed by atoms with E-state index < -0.39 is 0 Å². The van der Waals surface area contributed by atoms with Crippen LogP contribution in [0, 0.1) is 11.8 Å². The number of nitrogens with one attached hydrogen (secondary N) is 2. The smallest absolute Gasteiger partial charge is 0.133 e. The molecular weight excluding hydrogens is 398 g/mol. The average molecular weight is 434 g/mol. The van der Waals surface area contributed by atoms with Gasteiger partial charge in [-0.05, 0) is 55.9 Å². The van der Waals surface area contributed by atoms with Crippen LogP contribution in [-0.2, 0) is 4.74 Å². The molecule has 4 rings (SSSR count). The maximum absolute atomic E-state index is 5.70. The van der Waals surface area contributed by atoms with Gasteiger partial charge in [-0.2, -0.15) is 0 Å². The number of pyridine rings is 1. The average Bonchev–Trinajstić information content (AvgIpc) is 2.77. The van der Waals surface area contributed by atoms with Crippen LogP contribution in [0.4, 0.5) is 11.5 Å². The first-order valence-corrected chi connectivity index (χ1v) is 11.8. The Hall–Kier alpha value is -2.86. The van der Waals surface area contributed by atoms with Crippen molar-refractivity contribution in [1.29, 1.82) is 0 Å². The fourth-order valence-electron chi connectivity index (χ4n) is 4.48. The van der Waals surface area contributed by atoms with Crippen molar-refractivity contribution >= 4 is 22.8 Å². The molecule has 1 saturated heterocycles. The van der Waals surface area contributed by atoms with Gasteiger partial charge < -0.3 is 21.1 Å². The normalized spacial score (nSPS) is 25.8. The fraction of sp³-hybridized carbons (Fsp3) is 0.462. The molecule has 2 fully saturated rings. The van der Waals surface area contributed by atoms with Gasteiger partial charge in [0.25, 0.3) is 0 Å². The Labute approximate surface area is 191 Å². The molecule has 0 unspecified atom stereocenters. The molecule has 1 saturated carbocycles. The second kappa shape index (κ2) is 10.6. The minimum atomic E-state index is 0.365. The molecule has 0 aromatic carbocycles. The molecule has 0 radical (unpaired) electrons. The maximum atomic E-state index is 5.70. The fourth-order valence-corrected chi connectivity index (χ4v) is 4.48. The number of nitrogens with zero attached hydrogens (tertiary/aromatic N) is 2. The molecule has 0 atom stereocenters. The van der Waals surface area contributed by atoms with Crippen molar-refractivity contribution in [1.82, 2.24) is 4.98 Å². The van der Waals surface area contributed by atoms with Crippen LogP contribution in [0.25, 0.3) is 5.57 Å². The molecule has 3 aliphatic rings. The molecule has 3 heterocycles. The second-order valence-corrected chi connectivity index (χ2v) is 9.11. The van der Waals surface area contributed by atoms with E-state index in [4.69, 9.17) is 15.5 Å². The Morgan fingerprint density at radius 3 is 2.81 bits per heavy atom. The Morgan fingerprint density at radius 2 is 2.09 bits per heavy atom. The van der Waals surface area contributed by atoms with E-state index in [0.29, 0.717) is 23.5 Å². The molecule has 6 heteroatoms. The van der Waals surface area contributed by atoms with Crippen LogP contribution in [0.5, 0.6) is 0 Å². The molecule has 0 amide bonds. The van der Waals surface area contributed by atoms with Crippen LogP contribution in [0.15, 0.2) is 59.8 Å². The third-order valence-corrected chi connectivity index (χ3v) is 6.47. The second-order valence-electron chi connectivity index (χ2n) is 9.11. The number of aromatic nitrogens is 1. The highest BCUT2D eigenvalue weighted by atomic mass is 16.5. The number of fused-ring (bicyclic) bond motifs is 1. The molecular formula is C26H35N5O. The Balaban J connectivity index is 1.67. The first kappa shape index (κ1) is 22.3. The zero-order valence-electron chi connectivity index (χ0n) is 19.1. The highest BCUT2D eigenvalue weighted by Crippen LogP contribution is 2.30. The summed E-state index contributed by atoms with van der Waals surface area (Å²) >= 11 is 0. The lowest BCUT2D eigenvalue weighted by Crippen LogP contribution is -2.27. The molecule has 0 spiro atoms. The minimum Gasteiger partial charge on any atom is -0.386 e. The van der Waals surface area contributed by atoms with Crippen LogP contribution >= 0.6 is 0 Å². The van der Waals surface area contributed by atoms with E-state index in [1.54, 1.807) is 0 Å². The molecule has 170 valence electrons. The summed E-state index contributed by atoms with van der Waals surface area (Å²) in [5, 5.41) is 6.44. The summed E-state index contributed by atoms with van der Waals surface area (Å²) in [5.41, 5.74) is 11.3. The number of anilines is 2. The Kier molecular flexibility index (Phi) is 7.43. The van der Waals surface area contributed by atoms with Gasteiger partial charge >= 0.3 is 0 Å². The van der Waals surface area contributed by atoms with Crippen molar-refractivity contribution in [2.45, 2.75) is 51.9 Å². The van der Waals surface area contributed by atoms with Gasteiger partial charge in [0.05, 0.1) is 24.7 Å². The highest BCUT2D eigenvalue weighted by Gasteiger charge is 2.20. The topological polar surface area (TPSA) is 84.6 Å². The van der Waals surface area contributed by atoms with Crippen LogP contribution in [-0.4, -0.2) is 23.9 Å². The van der Waals surface area contributed by atoms with Crippen LogP contribution < -0.4 is 16.4 Å². The van der Waals surface area contributed by atoms with Crippen molar-refractivity contribution in [2.75, 3.05) is 23.8 Å². The predicted molar refractivity (Wildman–Crippen MR) is 133 cm³/mol. The molecule has 1 aromatic rings. The van der Waals surface area contributed by atoms with E-state index in [-0.39, 0.29) is 0 Å². The minimum absolute atomic E-state index is 0.365.